The number of aromatic nitrogens is 1. The van der Waals surface area contributed by atoms with Crippen molar-refractivity contribution in [2.45, 2.75) is 10.8 Å². The fourth-order valence-electron chi connectivity index (χ4n) is 2.73. The average Bonchev–Trinajstić information content (AvgIpc) is 3.17. The maximum Gasteiger partial charge on any atom is 0.244 e. The van der Waals surface area contributed by atoms with Crippen molar-refractivity contribution in [2.75, 3.05) is 19.7 Å². The summed E-state index contributed by atoms with van der Waals surface area (Å²) in [6, 6.07) is 5.16. The molecular formula is C14H16N2O3S2. The van der Waals surface area contributed by atoms with Crippen molar-refractivity contribution in [2.24, 2.45) is 5.92 Å². The zero-order chi connectivity index (χ0) is 14.9. The topological polar surface area (TPSA) is 70.5 Å². The summed E-state index contributed by atoms with van der Waals surface area (Å²) in [5, 5.41) is 13.6. The van der Waals surface area contributed by atoms with Crippen LogP contribution in [0.2, 0.25) is 0 Å². The first kappa shape index (κ1) is 14.6. The van der Waals surface area contributed by atoms with Gasteiger partial charge in [-0.25, -0.2) is 8.42 Å². The van der Waals surface area contributed by atoms with Crippen LogP contribution in [0.15, 0.2) is 46.2 Å². The molecule has 0 bridgehead atoms. The Morgan fingerprint density at radius 1 is 1.38 bits per heavy atom. The van der Waals surface area contributed by atoms with Crippen LogP contribution in [-0.4, -0.2) is 42.5 Å². The van der Waals surface area contributed by atoms with E-state index in [9.17, 15) is 13.5 Å². The van der Waals surface area contributed by atoms with E-state index in [1.165, 1.54) is 10.5 Å². The molecule has 21 heavy (non-hydrogen) atoms. The van der Waals surface area contributed by atoms with Gasteiger partial charge in [-0.05, 0) is 34.5 Å². The summed E-state index contributed by atoms with van der Waals surface area (Å²) >= 11 is 1.58. The summed E-state index contributed by atoms with van der Waals surface area (Å²) < 4.78 is 26.7. The van der Waals surface area contributed by atoms with Crippen molar-refractivity contribution in [3.8, 4) is 0 Å². The van der Waals surface area contributed by atoms with Crippen molar-refractivity contribution >= 4 is 21.4 Å². The maximum absolute atomic E-state index is 12.6. The zero-order valence-electron chi connectivity index (χ0n) is 11.3. The van der Waals surface area contributed by atoms with Crippen LogP contribution in [0.25, 0.3) is 0 Å². The van der Waals surface area contributed by atoms with E-state index in [1.54, 1.807) is 29.7 Å². The van der Waals surface area contributed by atoms with E-state index in [4.69, 9.17) is 0 Å². The summed E-state index contributed by atoms with van der Waals surface area (Å²) in [6.07, 6.45) is 2.91. The van der Waals surface area contributed by atoms with E-state index in [-0.39, 0.29) is 23.3 Å². The van der Waals surface area contributed by atoms with Gasteiger partial charge in [0.1, 0.15) is 4.90 Å². The Kier molecular flexibility index (Phi) is 4.08. The fourth-order valence-corrected chi connectivity index (χ4v) is 4.94. The zero-order valence-corrected chi connectivity index (χ0v) is 12.9. The molecule has 3 heterocycles. The Hall–Kier alpha value is -1.28. The molecule has 2 aromatic heterocycles. The normalized spacial score (nSPS) is 23.5. The van der Waals surface area contributed by atoms with E-state index in [0.29, 0.717) is 13.1 Å². The van der Waals surface area contributed by atoms with Gasteiger partial charge in [-0.15, -0.1) is 0 Å². The second-order valence-electron chi connectivity index (χ2n) is 5.12. The van der Waals surface area contributed by atoms with Crippen molar-refractivity contribution in [1.82, 2.24) is 9.29 Å². The minimum atomic E-state index is -3.54. The van der Waals surface area contributed by atoms with E-state index in [0.717, 1.165) is 5.56 Å². The molecule has 3 rings (SSSR count). The Balaban J connectivity index is 1.88. The van der Waals surface area contributed by atoms with Crippen LogP contribution >= 0.6 is 11.3 Å². The first-order chi connectivity index (χ1) is 10.1. The van der Waals surface area contributed by atoms with Gasteiger partial charge in [0.25, 0.3) is 0 Å². The predicted octanol–water partition coefficient (Wildman–Crippen LogP) is 1.54. The summed E-state index contributed by atoms with van der Waals surface area (Å²) in [4.78, 5) is 4.08. The molecule has 1 saturated heterocycles. The Morgan fingerprint density at radius 3 is 2.86 bits per heavy atom. The molecule has 0 spiro atoms. The molecule has 5 nitrogen and oxygen atoms in total. The van der Waals surface area contributed by atoms with E-state index >= 15 is 0 Å². The number of nitrogens with zero attached hydrogens (tertiary/aromatic N) is 2. The highest BCUT2D eigenvalue weighted by atomic mass is 32.2. The largest absolute Gasteiger partial charge is 0.396 e. The molecule has 2 aromatic rings. The van der Waals surface area contributed by atoms with Gasteiger partial charge >= 0.3 is 0 Å². The van der Waals surface area contributed by atoms with E-state index in [2.05, 4.69) is 4.98 Å². The summed E-state index contributed by atoms with van der Waals surface area (Å²) in [6.45, 7) is 0.729. The standard InChI is InChI=1S/C14H16N2O3S2/c17-9-12-7-16(8-14(12)11-3-5-20-10-11)21(18,19)13-2-1-4-15-6-13/h1-6,10,12,14,17H,7-9H2/t12-,14+/m1/s1. The van der Waals surface area contributed by atoms with Crippen LogP contribution in [0.3, 0.4) is 0 Å². The SMILES string of the molecule is O=S(=O)(c1cccnc1)N1C[C@H](CO)[C@H](c2ccsc2)C1. The lowest BCUT2D eigenvalue weighted by molar-refractivity contribution is 0.223. The average molecular weight is 324 g/mol. The number of aliphatic hydroxyl groups excluding tert-OH is 1. The van der Waals surface area contributed by atoms with Crippen LogP contribution in [0, 0.1) is 5.92 Å². The van der Waals surface area contributed by atoms with Crippen LogP contribution in [0.4, 0.5) is 0 Å². The van der Waals surface area contributed by atoms with Crippen molar-refractivity contribution in [1.29, 1.82) is 0 Å². The van der Waals surface area contributed by atoms with Crippen molar-refractivity contribution in [3.05, 3.63) is 46.9 Å². The highest BCUT2D eigenvalue weighted by molar-refractivity contribution is 7.89. The Morgan fingerprint density at radius 2 is 2.24 bits per heavy atom. The van der Waals surface area contributed by atoms with Gasteiger partial charge in [0.15, 0.2) is 0 Å². The van der Waals surface area contributed by atoms with E-state index < -0.39 is 10.0 Å². The molecule has 0 saturated carbocycles. The third kappa shape index (κ3) is 2.74. The van der Waals surface area contributed by atoms with Gasteiger partial charge in [0, 0.05) is 43.9 Å². The minimum absolute atomic E-state index is 0.0143. The Labute approximate surface area is 127 Å². The number of rotatable bonds is 4. The van der Waals surface area contributed by atoms with Gasteiger partial charge in [0.05, 0.1) is 0 Å². The second-order valence-corrected chi connectivity index (χ2v) is 7.83. The monoisotopic (exact) mass is 324 g/mol. The fraction of sp³-hybridized carbons (Fsp3) is 0.357. The van der Waals surface area contributed by atoms with Crippen LogP contribution in [0.1, 0.15) is 11.5 Å². The smallest absolute Gasteiger partial charge is 0.244 e. The maximum atomic E-state index is 12.6. The molecule has 2 atom stereocenters. The highest BCUT2D eigenvalue weighted by Gasteiger charge is 2.39. The lowest BCUT2D eigenvalue weighted by Gasteiger charge is -2.16. The molecule has 112 valence electrons. The summed E-state index contributed by atoms with van der Waals surface area (Å²) in [7, 11) is -3.54. The first-order valence-electron chi connectivity index (χ1n) is 6.66. The molecule has 0 aromatic carbocycles. The lowest BCUT2D eigenvalue weighted by atomic mass is 9.92. The van der Waals surface area contributed by atoms with Crippen LogP contribution in [0.5, 0.6) is 0 Å². The van der Waals surface area contributed by atoms with Crippen molar-refractivity contribution in [3.63, 3.8) is 0 Å². The number of pyridine rings is 1. The Bertz CT molecular complexity index is 686. The van der Waals surface area contributed by atoms with Gasteiger partial charge in [0.2, 0.25) is 10.0 Å². The third-order valence-corrected chi connectivity index (χ3v) is 6.40. The minimum Gasteiger partial charge on any atom is -0.396 e. The number of thiophene rings is 1. The first-order valence-corrected chi connectivity index (χ1v) is 9.04. The van der Waals surface area contributed by atoms with Crippen LogP contribution in [-0.2, 0) is 10.0 Å². The van der Waals surface area contributed by atoms with Gasteiger partial charge in [-0.3, -0.25) is 4.98 Å². The second kappa shape index (κ2) is 5.84. The number of hydrogen-bond donors (Lipinski definition) is 1. The number of sulfonamides is 1. The molecule has 0 amide bonds. The number of hydrogen-bond acceptors (Lipinski definition) is 5. The molecule has 1 fully saturated rings. The van der Waals surface area contributed by atoms with Gasteiger partial charge < -0.3 is 5.11 Å². The summed E-state index contributed by atoms with van der Waals surface area (Å²) in [5.41, 5.74) is 1.10. The van der Waals surface area contributed by atoms with E-state index in [1.807, 2.05) is 16.8 Å². The molecule has 1 aliphatic rings. The van der Waals surface area contributed by atoms with Gasteiger partial charge in [-0.2, -0.15) is 15.6 Å². The molecule has 0 unspecified atom stereocenters. The highest BCUT2D eigenvalue weighted by Crippen LogP contribution is 2.36. The van der Waals surface area contributed by atoms with Crippen molar-refractivity contribution < 1.29 is 13.5 Å². The van der Waals surface area contributed by atoms with Gasteiger partial charge in [-0.1, -0.05) is 0 Å². The molecule has 1 N–H and O–H groups in total. The molecular weight excluding hydrogens is 308 g/mol. The lowest BCUT2D eigenvalue weighted by Crippen LogP contribution is -2.29. The molecule has 0 aliphatic carbocycles. The quantitative estimate of drug-likeness (QED) is 0.926. The molecule has 7 heteroatoms. The molecule has 1 aliphatic heterocycles. The summed E-state index contributed by atoms with van der Waals surface area (Å²) in [5.74, 6) is -0.0151. The third-order valence-electron chi connectivity index (χ3n) is 3.89. The predicted molar refractivity (Wildman–Crippen MR) is 80.6 cm³/mol. The van der Waals surface area contributed by atoms with Crippen LogP contribution < -0.4 is 0 Å². The number of aliphatic hydroxyl groups is 1. The molecule has 0 radical (unpaired) electrons.